The second kappa shape index (κ2) is 7.03. The fraction of sp³-hybridized carbons (Fsp3) is 0.450. The minimum atomic E-state index is 0.249. The fourth-order valence-corrected chi connectivity index (χ4v) is 3.51. The van der Waals surface area contributed by atoms with Gasteiger partial charge in [0.05, 0.1) is 17.3 Å². The van der Waals surface area contributed by atoms with E-state index in [0.717, 1.165) is 54.0 Å². The minimum absolute atomic E-state index is 0.249. The standard InChI is InChI=1S/C20H26N6/c1-13(2)18-24-19(23-15-10-8-14(21)9-11-15)17-12-22-26(20(17)25-18)16-6-4-3-5-7-16/h3-7,12-15H,8-11,21H2,1-2H3,(H,23,24,25). The van der Waals surface area contributed by atoms with E-state index in [1.54, 1.807) is 0 Å². The summed E-state index contributed by atoms with van der Waals surface area (Å²) >= 11 is 0. The Morgan fingerprint density at radius 1 is 1.08 bits per heavy atom. The number of fused-ring (bicyclic) bond motifs is 1. The molecule has 1 fully saturated rings. The number of aromatic nitrogens is 4. The van der Waals surface area contributed by atoms with E-state index in [1.165, 1.54) is 0 Å². The summed E-state index contributed by atoms with van der Waals surface area (Å²) in [6.07, 6.45) is 6.15. The van der Waals surface area contributed by atoms with Crippen LogP contribution in [-0.4, -0.2) is 31.8 Å². The molecule has 26 heavy (non-hydrogen) atoms. The average molecular weight is 350 g/mol. The van der Waals surface area contributed by atoms with Crippen molar-refractivity contribution in [2.24, 2.45) is 5.73 Å². The molecule has 3 N–H and O–H groups in total. The summed E-state index contributed by atoms with van der Waals surface area (Å²) < 4.78 is 1.89. The van der Waals surface area contributed by atoms with Crippen LogP contribution >= 0.6 is 0 Å². The second-order valence-electron chi connectivity index (χ2n) is 7.47. The van der Waals surface area contributed by atoms with Gasteiger partial charge in [0.2, 0.25) is 0 Å². The molecule has 2 heterocycles. The molecule has 1 aliphatic carbocycles. The number of hydrogen-bond donors (Lipinski definition) is 2. The second-order valence-corrected chi connectivity index (χ2v) is 7.47. The zero-order valence-electron chi connectivity index (χ0n) is 15.4. The van der Waals surface area contributed by atoms with Crippen molar-refractivity contribution in [2.45, 2.75) is 57.5 Å². The Kier molecular flexibility index (Phi) is 4.59. The summed E-state index contributed by atoms with van der Waals surface area (Å²) in [5, 5.41) is 9.20. The summed E-state index contributed by atoms with van der Waals surface area (Å²) in [5.41, 5.74) is 7.90. The number of nitrogens with two attached hydrogens (primary N) is 1. The first kappa shape index (κ1) is 17.0. The number of rotatable bonds is 4. The van der Waals surface area contributed by atoms with Crippen molar-refractivity contribution in [1.29, 1.82) is 0 Å². The van der Waals surface area contributed by atoms with E-state index >= 15 is 0 Å². The number of para-hydroxylation sites is 1. The Morgan fingerprint density at radius 2 is 1.81 bits per heavy atom. The molecule has 6 heteroatoms. The molecule has 0 radical (unpaired) electrons. The van der Waals surface area contributed by atoms with E-state index in [1.807, 2.05) is 41.2 Å². The quantitative estimate of drug-likeness (QED) is 0.751. The first-order chi connectivity index (χ1) is 12.6. The van der Waals surface area contributed by atoms with Gasteiger partial charge in [0.25, 0.3) is 0 Å². The van der Waals surface area contributed by atoms with Crippen molar-refractivity contribution in [2.75, 3.05) is 5.32 Å². The van der Waals surface area contributed by atoms with Gasteiger partial charge in [-0.15, -0.1) is 0 Å². The Morgan fingerprint density at radius 3 is 2.50 bits per heavy atom. The molecule has 0 atom stereocenters. The predicted molar refractivity (Wildman–Crippen MR) is 105 cm³/mol. The van der Waals surface area contributed by atoms with Crippen LogP contribution in [0.3, 0.4) is 0 Å². The van der Waals surface area contributed by atoms with Gasteiger partial charge in [-0.05, 0) is 37.8 Å². The van der Waals surface area contributed by atoms with Gasteiger partial charge in [-0.2, -0.15) is 5.10 Å². The molecule has 4 rings (SSSR count). The molecule has 2 aromatic heterocycles. The number of nitrogens with one attached hydrogen (secondary N) is 1. The molecule has 136 valence electrons. The third kappa shape index (κ3) is 3.29. The van der Waals surface area contributed by atoms with E-state index in [2.05, 4.69) is 24.3 Å². The molecule has 0 spiro atoms. The molecule has 0 unspecified atom stereocenters. The van der Waals surface area contributed by atoms with Crippen molar-refractivity contribution in [3.05, 3.63) is 42.4 Å². The van der Waals surface area contributed by atoms with Crippen molar-refractivity contribution in [1.82, 2.24) is 19.7 Å². The first-order valence-electron chi connectivity index (χ1n) is 9.45. The molecule has 0 saturated heterocycles. The monoisotopic (exact) mass is 350 g/mol. The molecule has 0 amide bonds. The van der Waals surface area contributed by atoms with Crippen molar-refractivity contribution in [3.63, 3.8) is 0 Å². The highest BCUT2D eigenvalue weighted by Gasteiger charge is 2.21. The highest BCUT2D eigenvalue weighted by molar-refractivity contribution is 5.87. The van der Waals surface area contributed by atoms with Gasteiger partial charge >= 0.3 is 0 Å². The maximum atomic E-state index is 6.05. The lowest BCUT2D eigenvalue weighted by Gasteiger charge is -2.27. The smallest absolute Gasteiger partial charge is 0.168 e. The zero-order chi connectivity index (χ0) is 18.1. The largest absolute Gasteiger partial charge is 0.367 e. The highest BCUT2D eigenvalue weighted by Crippen LogP contribution is 2.28. The fourth-order valence-electron chi connectivity index (χ4n) is 3.51. The van der Waals surface area contributed by atoms with Crippen LogP contribution in [0.4, 0.5) is 5.82 Å². The lowest BCUT2D eigenvalue weighted by atomic mass is 9.92. The molecule has 0 bridgehead atoms. The lowest BCUT2D eigenvalue weighted by molar-refractivity contribution is 0.410. The molecular formula is C20H26N6. The van der Waals surface area contributed by atoms with Crippen molar-refractivity contribution >= 4 is 16.9 Å². The van der Waals surface area contributed by atoms with Crippen LogP contribution in [0.1, 0.15) is 51.3 Å². The van der Waals surface area contributed by atoms with E-state index in [4.69, 9.17) is 15.7 Å². The molecule has 6 nitrogen and oxygen atoms in total. The average Bonchev–Trinajstić information content (AvgIpc) is 3.08. The summed E-state index contributed by atoms with van der Waals surface area (Å²) in [6, 6.07) is 10.9. The number of anilines is 1. The summed E-state index contributed by atoms with van der Waals surface area (Å²) in [6.45, 7) is 4.24. The Hall–Kier alpha value is -2.47. The van der Waals surface area contributed by atoms with E-state index in [0.29, 0.717) is 12.1 Å². The maximum Gasteiger partial charge on any atom is 0.168 e. The van der Waals surface area contributed by atoms with Crippen molar-refractivity contribution in [3.8, 4) is 5.69 Å². The minimum Gasteiger partial charge on any atom is -0.367 e. The number of benzene rings is 1. The molecule has 3 aromatic rings. The number of nitrogens with zero attached hydrogens (tertiary/aromatic N) is 4. The van der Waals surface area contributed by atoms with E-state index < -0.39 is 0 Å². The normalized spacial score (nSPS) is 20.6. The molecule has 1 saturated carbocycles. The lowest BCUT2D eigenvalue weighted by Crippen LogP contribution is -2.33. The van der Waals surface area contributed by atoms with Crippen molar-refractivity contribution < 1.29 is 0 Å². The van der Waals surface area contributed by atoms with Crippen LogP contribution in [-0.2, 0) is 0 Å². The highest BCUT2D eigenvalue weighted by atomic mass is 15.3. The van der Waals surface area contributed by atoms with Gasteiger partial charge in [-0.1, -0.05) is 32.0 Å². The van der Waals surface area contributed by atoms with Crippen LogP contribution in [0.15, 0.2) is 36.5 Å². The van der Waals surface area contributed by atoms with Gasteiger partial charge in [0.15, 0.2) is 5.65 Å². The van der Waals surface area contributed by atoms with Crippen LogP contribution in [0.25, 0.3) is 16.7 Å². The summed E-state index contributed by atoms with van der Waals surface area (Å²) in [5.74, 6) is 1.98. The van der Waals surface area contributed by atoms with Crippen LogP contribution in [0, 0.1) is 0 Å². The summed E-state index contributed by atoms with van der Waals surface area (Å²) in [7, 11) is 0. The third-order valence-corrected chi connectivity index (χ3v) is 5.08. The van der Waals surface area contributed by atoms with Crippen LogP contribution in [0.2, 0.25) is 0 Å². The van der Waals surface area contributed by atoms with E-state index in [9.17, 15) is 0 Å². The van der Waals surface area contributed by atoms with Gasteiger partial charge in [0.1, 0.15) is 11.6 Å². The summed E-state index contributed by atoms with van der Waals surface area (Å²) in [4.78, 5) is 9.62. The van der Waals surface area contributed by atoms with Gasteiger partial charge in [0, 0.05) is 18.0 Å². The first-order valence-corrected chi connectivity index (χ1v) is 9.45. The van der Waals surface area contributed by atoms with Gasteiger partial charge in [-0.25, -0.2) is 14.6 Å². The molecule has 0 aliphatic heterocycles. The Labute approximate surface area is 153 Å². The topological polar surface area (TPSA) is 81.6 Å². The van der Waals surface area contributed by atoms with E-state index in [-0.39, 0.29) is 5.92 Å². The van der Waals surface area contributed by atoms with Gasteiger partial charge < -0.3 is 11.1 Å². The zero-order valence-corrected chi connectivity index (χ0v) is 15.4. The molecule has 1 aliphatic rings. The Bertz CT molecular complexity index is 878. The third-order valence-electron chi connectivity index (χ3n) is 5.08. The van der Waals surface area contributed by atoms with Gasteiger partial charge in [-0.3, -0.25) is 0 Å². The molecule has 1 aromatic carbocycles. The Balaban J connectivity index is 1.76. The maximum absolute atomic E-state index is 6.05. The molecular weight excluding hydrogens is 324 g/mol. The SMILES string of the molecule is CC(C)c1nc(NC2CCC(N)CC2)c2cnn(-c3ccccc3)c2n1. The number of hydrogen-bond acceptors (Lipinski definition) is 5. The predicted octanol–water partition coefficient (Wildman–Crippen LogP) is 3.62. The van der Waals surface area contributed by atoms with Crippen LogP contribution in [0.5, 0.6) is 0 Å². The van der Waals surface area contributed by atoms with Crippen LogP contribution < -0.4 is 11.1 Å².